The minimum absolute atomic E-state index is 0.383. The highest BCUT2D eigenvalue weighted by atomic mass is 35.5. The number of esters is 1. The first-order chi connectivity index (χ1) is 13.1. The minimum Gasteiger partial charge on any atom is -0.497 e. The quantitative estimate of drug-likeness (QED) is 0.608. The Bertz CT molecular complexity index is 965. The summed E-state index contributed by atoms with van der Waals surface area (Å²) in [4.78, 5) is 20.1. The van der Waals surface area contributed by atoms with Crippen molar-refractivity contribution in [2.45, 2.75) is 0 Å². The van der Waals surface area contributed by atoms with E-state index in [2.05, 4.69) is 20.6 Å². The summed E-state index contributed by atoms with van der Waals surface area (Å²) in [6.45, 7) is 0. The van der Waals surface area contributed by atoms with E-state index in [4.69, 9.17) is 21.1 Å². The molecule has 0 aliphatic rings. The summed E-state index contributed by atoms with van der Waals surface area (Å²) < 4.78 is 9.94. The summed E-state index contributed by atoms with van der Waals surface area (Å²) in [5.41, 5.74) is 1.74. The van der Waals surface area contributed by atoms with Crippen LogP contribution in [0.25, 0.3) is 0 Å². The van der Waals surface area contributed by atoms with E-state index in [1.807, 2.05) is 24.3 Å². The van der Waals surface area contributed by atoms with Crippen LogP contribution in [0.15, 0.2) is 54.9 Å². The standard InChI is InChI=1S/C19H17ClN4O3/c1-26-14-5-3-4-13(9-14)23-17-10-18(22-11-21-17)24-16-8-12(19(25)27-2)6-7-15(16)20/h3-11H,1-2H3,(H2,21,22,23,24). The molecule has 0 radical (unpaired) electrons. The molecule has 2 aromatic carbocycles. The molecule has 0 aliphatic heterocycles. The Labute approximate surface area is 161 Å². The Hall–Kier alpha value is -3.32. The first-order valence-corrected chi connectivity index (χ1v) is 8.35. The van der Waals surface area contributed by atoms with Crippen LogP contribution in [-0.4, -0.2) is 30.2 Å². The maximum absolute atomic E-state index is 11.7. The number of rotatable bonds is 6. The number of anilines is 4. The Kier molecular flexibility index (Phi) is 5.73. The van der Waals surface area contributed by atoms with Gasteiger partial charge in [0.15, 0.2) is 0 Å². The van der Waals surface area contributed by atoms with Crippen molar-refractivity contribution in [3.05, 3.63) is 65.4 Å². The Morgan fingerprint density at radius 3 is 2.52 bits per heavy atom. The van der Waals surface area contributed by atoms with Crippen LogP contribution in [0.2, 0.25) is 5.02 Å². The average molecular weight is 385 g/mol. The number of hydrogen-bond acceptors (Lipinski definition) is 7. The zero-order valence-corrected chi connectivity index (χ0v) is 15.4. The SMILES string of the molecule is COC(=O)c1ccc(Cl)c(Nc2cc(Nc3cccc(OC)c3)ncn2)c1. The maximum atomic E-state index is 11.7. The molecule has 0 aliphatic carbocycles. The molecule has 3 rings (SSSR count). The van der Waals surface area contributed by atoms with Crippen molar-refractivity contribution in [3.63, 3.8) is 0 Å². The first kappa shape index (κ1) is 18.5. The third-order valence-corrected chi connectivity index (χ3v) is 3.99. The predicted octanol–water partition coefficient (Wildman–Crippen LogP) is 4.41. The maximum Gasteiger partial charge on any atom is 0.337 e. The fraction of sp³-hybridized carbons (Fsp3) is 0.105. The van der Waals surface area contributed by atoms with Crippen molar-refractivity contribution in [1.82, 2.24) is 9.97 Å². The number of hydrogen-bond donors (Lipinski definition) is 2. The molecule has 0 amide bonds. The van der Waals surface area contributed by atoms with Crippen molar-refractivity contribution in [3.8, 4) is 5.75 Å². The van der Waals surface area contributed by atoms with E-state index in [9.17, 15) is 4.79 Å². The van der Waals surface area contributed by atoms with Crippen LogP contribution in [0.3, 0.4) is 0 Å². The predicted molar refractivity (Wildman–Crippen MR) is 104 cm³/mol. The van der Waals surface area contributed by atoms with Gasteiger partial charge in [0.25, 0.3) is 0 Å². The molecule has 0 saturated heterocycles. The lowest BCUT2D eigenvalue weighted by atomic mass is 10.2. The molecule has 0 spiro atoms. The lowest BCUT2D eigenvalue weighted by Crippen LogP contribution is -2.03. The molecule has 0 fully saturated rings. The second-order valence-corrected chi connectivity index (χ2v) is 5.86. The zero-order chi connectivity index (χ0) is 19.2. The van der Waals surface area contributed by atoms with Gasteiger partial charge in [-0.25, -0.2) is 14.8 Å². The van der Waals surface area contributed by atoms with Gasteiger partial charge in [-0.05, 0) is 30.3 Å². The van der Waals surface area contributed by atoms with Gasteiger partial charge in [0.1, 0.15) is 23.7 Å². The highest BCUT2D eigenvalue weighted by molar-refractivity contribution is 6.33. The van der Waals surface area contributed by atoms with E-state index in [1.54, 1.807) is 31.4 Å². The largest absolute Gasteiger partial charge is 0.497 e. The number of methoxy groups -OCH3 is 2. The molecule has 2 N–H and O–H groups in total. The van der Waals surface area contributed by atoms with Gasteiger partial charge >= 0.3 is 5.97 Å². The molecule has 0 unspecified atom stereocenters. The summed E-state index contributed by atoms with van der Waals surface area (Å²) in [6, 6.07) is 14.0. The molecule has 3 aromatic rings. The van der Waals surface area contributed by atoms with Crippen LogP contribution in [0.1, 0.15) is 10.4 Å². The fourth-order valence-electron chi connectivity index (χ4n) is 2.35. The molecular formula is C19H17ClN4O3. The van der Waals surface area contributed by atoms with E-state index >= 15 is 0 Å². The van der Waals surface area contributed by atoms with Crippen LogP contribution < -0.4 is 15.4 Å². The number of carbonyl (C=O) groups excluding carboxylic acids is 1. The lowest BCUT2D eigenvalue weighted by molar-refractivity contribution is 0.0601. The van der Waals surface area contributed by atoms with Gasteiger partial charge < -0.3 is 20.1 Å². The third kappa shape index (κ3) is 4.65. The number of benzene rings is 2. The normalized spacial score (nSPS) is 10.2. The highest BCUT2D eigenvalue weighted by Gasteiger charge is 2.10. The summed E-state index contributed by atoms with van der Waals surface area (Å²) in [5.74, 6) is 1.39. The van der Waals surface area contributed by atoms with Gasteiger partial charge in [-0.3, -0.25) is 0 Å². The number of carbonyl (C=O) groups is 1. The third-order valence-electron chi connectivity index (χ3n) is 3.66. The van der Waals surface area contributed by atoms with E-state index in [-0.39, 0.29) is 0 Å². The van der Waals surface area contributed by atoms with Crippen molar-refractivity contribution in [2.24, 2.45) is 0 Å². The van der Waals surface area contributed by atoms with Gasteiger partial charge in [-0.1, -0.05) is 17.7 Å². The molecule has 27 heavy (non-hydrogen) atoms. The second kappa shape index (κ2) is 8.37. The first-order valence-electron chi connectivity index (χ1n) is 7.97. The lowest BCUT2D eigenvalue weighted by Gasteiger charge is -2.11. The van der Waals surface area contributed by atoms with Gasteiger partial charge in [-0.2, -0.15) is 0 Å². The van der Waals surface area contributed by atoms with Crippen LogP contribution in [0, 0.1) is 0 Å². The minimum atomic E-state index is -0.446. The topological polar surface area (TPSA) is 85.4 Å². The fourth-order valence-corrected chi connectivity index (χ4v) is 2.51. The Morgan fingerprint density at radius 1 is 1.00 bits per heavy atom. The zero-order valence-electron chi connectivity index (χ0n) is 14.7. The monoisotopic (exact) mass is 384 g/mol. The smallest absolute Gasteiger partial charge is 0.337 e. The summed E-state index contributed by atoms with van der Waals surface area (Å²) in [6.07, 6.45) is 1.42. The molecule has 0 atom stereocenters. The molecule has 7 nitrogen and oxygen atoms in total. The van der Waals surface area contributed by atoms with E-state index < -0.39 is 5.97 Å². The van der Waals surface area contributed by atoms with Crippen LogP contribution in [0.5, 0.6) is 5.75 Å². The second-order valence-electron chi connectivity index (χ2n) is 5.46. The molecule has 8 heteroatoms. The molecule has 0 saturated carbocycles. The average Bonchev–Trinajstić information content (AvgIpc) is 2.69. The van der Waals surface area contributed by atoms with Crippen molar-refractivity contribution in [2.75, 3.05) is 24.9 Å². The van der Waals surface area contributed by atoms with Crippen LogP contribution in [-0.2, 0) is 4.74 Å². The van der Waals surface area contributed by atoms with Gasteiger partial charge in [0, 0.05) is 17.8 Å². The Balaban J connectivity index is 1.81. The number of aromatic nitrogens is 2. The van der Waals surface area contributed by atoms with Gasteiger partial charge in [0.05, 0.1) is 30.5 Å². The number of nitrogens with one attached hydrogen (secondary N) is 2. The van der Waals surface area contributed by atoms with E-state index in [0.29, 0.717) is 27.9 Å². The number of ether oxygens (including phenoxy) is 2. The molecule has 0 bridgehead atoms. The Morgan fingerprint density at radius 2 is 1.78 bits per heavy atom. The van der Waals surface area contributed by atoms with Crippen molar-refractivity contribution >= 4 is 40.6 Å². The van der Waals surface area contributed by atoms with Crippen molar-refractivity contribution < 1.29 is 14.3 Å². The van der Waals surface area contributed by atoms with E-state index in [1.165, 1.54) is 13.4 Å². The number of nitrogens with zero attached hydrogens (tertiary/aromatic N) is 2. The van der Waals surface area contributed by atoms with Crippen LogP contribution >= 0.6 is 11.6 Å². The van der Waals surface area contributed by atoms with Crippen molar-refractivity contribution in [1.29, 1.82) is 0 Å². The summed E-state index contributed by atoms with van der Waals surface area (Å²) in [5, 5.41) is 6.71. The molecule has 1 aromatic heterocycles. The van der Waals surface area contributed by atoms with Gasteiger partial charge in [0.2, 0.25) is 0 Å². The van der Waals surface area contributed by atoms with E-state index in [0.717, 1.165) is 11.4 Å². The van der Waals surface area contributed by atoms with Gasteiger partial charge in [-0.15, -0.1) is 0 Å². The molecular weight excluding hydrogens is 368 g/mol. The molecule has 1 heterocycles. The summed E-state index contributed by atoms with van der Waals surface area (Å²) >= 11 is 6.21. The van der Waals surface area contributed by atoms with Crippen LogP contribution in [0.4, 0.5) is 23.0 Å². The number of halogens is 1. The highest BCUT2D eigenvalue weighted by Crippen LogP contribution is 2.27. The molecule has 138 valence electrons. The summed E-state index contributed by atoms with van der Waals surface area (Å²) in [7, 11) is 2.93.